The lowest BCUT2D eigenvalue weighted by Gasteiger charge is -2.14. The Labute approximate surface area is 232 Å². The van der Waals surface area contributed by atoms with Gasteiger partial charge in [0.2, 0.25) is 5.91 Å². The molecule has 1 amide bonds. The number of aromatic hydroxyl groups is 1. The van der Waals surface area contributed by atoms with Crippen LogP contribution in [0.5, 0.6) is 5.88 Å². The molecule has 7 heteroatoms. The average molecular weight is 531 g/mol. The Bertz CT molecular complexity index is 1660. The van der Waals surface area contributed by atoms with Crippen LogP contribution in [-0.2, 0) is 11.3 Å². The number of carbonyl (C=O) groups is 1. The molecule has 3 N–H and O–H groups in total. The molecular formula is C33H30N4O3. The summed E-state index contributed by atoms with van der Waals surface area (Å²) in [6.07, 6.45) is 7.12. The number of likely N-dealkylation sites (tertiary alicyclic amines) is 1. The normalized spacial score (nSPS) is 14.3. The van der Waals surface area contributed by atoms with Crippen LogP contribution in [0.1, 0.15) is 35.3 Å². The number of nitrogens with one attached hydrogen (secondary N) is 2. The highest BCUT2D eigenvalue weighted by atomic mass is 16.3. The van der Waals surface area contributed by atoms with E-state index in [0.717, 1.165) is 36.3 Å². The Hall–Kier alpha value is -4.88. The zero-order valence-electron chi connectivity index (χ0n) is 22.0. The van der Waals surface area contributed by atoms with Crippen molar-refractivity contribution in [1.29, 1.82) is 0 Å². The van der Waals surface area contributed by atoms with Crippen LogP contribution in [0.3, 0.4) is 0 Å². The van der Waals surface area contributed by atoms with Crippen LogP contribution in [0.15, 0.2) is 107 Å². The average Bonchev–Trinajstić information content (AvgIpc) is 3.74. The predicted octanol–water partition coefficient (Wildman–Crippen LogP) is 6.88. The highest BCUT2D eigenvalue weighted by molar-refractivity contribution is 6.22. The number of furan rings is 1. The van der Waals surface area contributed by atoms with E-state index in [1.54, 1.807) is 30.5 Å². The van der Waals surface area contributed by atoms with E-state index in [4.69, 9.17) is 9.41 Å². The van der Waals surface area contributed by atoms with Gasteiger partial charge in [0, 0.05) is 29.3 Å². The van der Waals surface area contributed by atoms with Crippen molar-refractivity contribution in [2.45, 2.75) is 19.4 Å². The molecule has 1 fully saturated rings. The number of rotatable bonds is 8. The Morgan fingerprint density at radius 2 is 1.80 bits per heavy atom. The molecule has 7 nitrogen and oxygen atoms in total. The maximum atomic E-state index is 12.4. The quantitative estimate of drug-likeness (QED) is 0.151. The van der Waals surface area contributed by atoms with Gasteiger partial charge in [-0.05, 0) is 80.0 Å². The lowest BCUT2D eigenvalue weighted by molar-refractivity contribution is -0.111. The SMILES string of the molecule is O=C(/C=C/c1ccco1)Nc1ccc2c(C(=Nc3ccc(CN4CCCC4)cc3)c3ccccc3)c(O)[nH]c2c1. The third kappa shape index (κ3) is 5.75. The second-order valence-corrected chi connectivity index (χ2v) is 9.92. The number of aliphatic imine (C=N–C) groups is 1. The molecule has 2 aromatic heterocycles. The summed E-state index contributed by atoms with van der Waals surface area (Å²) < 4.78 is 5.23. The largest absolute Gasteiger partial charge is 0.494 e. The predicted molar refractivity (Wildman–Crippen MR) is 159 cm³/mol. The third-order valence-corrected chi connectivity index (χ3v) is 7.05. The maximum absolute atomic E-state index is 12.4. The summed E-state index contributed by atoms with van der Waals surface area (Å²) in [7, 11) is 0. The van der Waals surface area contributed by atoms with E-state index in [2.05, 4.69) is 27.3 Å². The Kier molecular flexibility index (Phi) is 7.28. The summed E-state index contributed by atoms with van der Waals surface area (Å²) in [6, 6.07) is 27.2. The van der Waals surface area contributed by atoms with Gasteiger partial charge in [-0.15, -0.1) is 0 Å². The zero-order valence-corrected chi connectivity index (χ0v) is 22.0. The van der Waals surface area contributed by atoms with Gasteiger partial charge in [-0.25, -0.2) is 4.99 Å². The van der Waals surface area contributed by atoms with Crippen molar-refractivity contribution >= 4 is 40.0 Å². The van der Waals surface area contributed by atoms with E-state index in [1.807, 2.05) is 54.6 Å². The van der Waals surface area contributed by atoms with Gasteiger partial charge in [0.25, 0.3) is 0 Å². The number of nitrogens with zero attached hydrogens (tertiary/aromatic N) is 2. The first-order valence-corrected chi connectivity index (χ1v) is 13.5. The Morgan fingerprint density at radius 1 is 1.00 bits per heavy atom. The fourth-order valence-corrected chi connectivity index (χ4v) is 5.09. The number of aromatic amines is 1. The molecular weight excluding hydrogens is 500 g/mol. The number of fused-ring (bicyclic) bond motifs is 1. The highest BCUT2D eigenvalue weighted by Gasteiger charge is 2.19. The van der Waals surface area contributed by atoms with Crippen LogP contribution in [0.25, 0.3) is 17.0 Å². The van der Waals surface area contributed by atoms with Crippen LogP contribution in [-0.4, -0.2) is 39.7 Å². The molecule has 0 unspecified atom stereocenters. The molecule has 0 atom stereocenters. The minimum Gasteiger partial charge on any atom is -0.494 e. The van der Waals surface area contributed by atoms with E-state index in [1.165, 1.54) is 24.5 Å². The first-order valence-electron chi connectivity index (χ1n) is 13.5. The van der Waals surface area contributed by atoms with E-state index >= 15 is 0 Å². The summed E-state index contributed by atoms with van der Waals surface area (Å²) in [5, 5.41) is 14.7. The summed E-state index contributed by atoms with van der Waals surface area (Å²) >= 11 is 0. The van der Waals surface area contributed by atoms with Crippen LogP contribution in [0.4, 0.5) is 11.4 Å². The lowest BCUT2D eigenvalue weighted by atomic mass is 10.0. The second kappa shape index (κ2) is 11.5. The smallest absolute Gasteiger partial charge is 0.248 e. The van der Waals surface area contributed by atoms with Crippen LogP contribution < -0.4 is 5.32 Å². The van der Waals surface area contributed by atoms with Gasteiger partial charge >= 0.3 is 0 Å². The number of benzene rings is 3. The number of aromatic nitrogens is 1. The molecule has 40 heavy (non-hydrogen) atoms. The van der Waals surface area contributed by atoms with Crippen molar-refractivity contribution < 1.29 is 14.3 Å². The molecule has 0 saturated carbocycles. The van der Waals surface area contributed by atoms with Crippen molar-refractivity contribution in [2.24, 2.45) is 4.99 Å². The summed E-state index contributed by atoms with van der Waals surface area (Å²) in [6.45, 7) is 3.27. The maximum Gasteiger partial charge on any atom is 0.248 e. The van der Waals surface area contributed by atoms with Crippen LogP contribution in [0.2, 0.25) is 0 Å². The molecule has 0 aliphatic carbocycles. The molecule has 1 aliphatic heterocycles. The van der Waals surface area contributed by atoms with Crippen LogP contribution >= 0.6 is 0 Å². The molecule has 0 spiro atoms. The molecule has 1 saturated heterocycles. The van der Waals surface area contributed by atoms with Crippen LogP contribution in [0, 0.1) is 0 Å². The standard InChI is InChI=1S/C33H30N4O3/c38-30(17-15-27-9-6-20-40-27)34-26-14-16-28-29(21-26)36-33(39)31(28)32(24-7-2-1-3-8-24)35-25-12-10-23(11-13-25)22-37-18-4-5-19-37/h1-3,6-17,20-21,36,39H,4-5,18-19,22H2,(H,34,38)/b17-15+,35-32?. The minimum atomic E-state index is -0.286. The number of amides is 1. The van der Waals surface area contributed by atoms with Gasteiger partial charge < -0.3 is 19.8 Å². The van der Waals surface area contributed by atoms with E-state index < -0.39 is 0 Å². The molecule has 3 aromatic carbocycles. The van der Waals surface area contributed by atoms with Gasteiger partial charge in [-0.1, -0.05) is 42.5 Å². The molecule has 1 aliphatic rings. The third-order valence-electron chi connectivity index (χ3n) is 7.05. The molecule has 3 heterocycles. The first kappa shape index (κ1) is 25.4. The van der Waals surface area contributed by atoms with Gasteiger partial charge in [0.05, 0.1) is 28.7 Å². The van der Waals surface area contributed by atoms with Crippen molar-refractivity contribution in [3.05, 3.63) is 120 Å². The van der Waals surface area contributed by atoms with E-state index in [9.17, 15) is 9.90 Å². The molecule has 0 radical (unpaired) electrons. The number of hydrogen-bond acceptors (Lipinski definition) is 5. The summed E-state index contributed by atoms with van der Waals surface area (Å²) in [5.41, 5.74) is 5.52. The minimum absolute atomic E-state index is 0.0180. The Balaban J connectivity index is 1.30. The van der Waals surface area contributed by atoms with E-state index in [-0.39, 0.29) is 11.8 Å². The summed E-state index contributed by atoms with van der Waals surface area (Å²) in [5.74, 6) is 0.328. The number of carbonyl (C=O) groups excluding carboxylic acids is 1. The van der Waals surface area contributed by atoms with Gasteiger partial charge in [-0.2, -0.15) is 0 Å². The monoisotopic (exact) mass is 530 g/mol. The fourth-order valence-electron chi connectivity index (χ4n) is 5.09. The van der Waals surface area contributed by atoms with Gasteiger partial charge in [0.15, 0.2) is 5.88 Å². The molecule has 5 aromatic rings. The molecule has 0 bridgehead atoms. The zero-order chi connectivity index (χ0) is 27.3. The number of H-pyrrole nitrogens is 1. The topological polar surface area (TPSA) is 93.9 Å². The fraction of sp³-hybridized carbons (Fsp3) is 0.152. The molecule has 6 rings (SSSR count). The first-order chi connectivity index (χ1) is 19.6. The van der Waals surface area contributed by atoms with Crippen molar-refractivity contribution in [3.63, 3.8) is 0 Å². The molecule has 200 valence electrons. The number of anilines is 1. The Morgan fingerprint density at radius 3 is 2.55 bits per heavy atom. The summed E-state index contributed by atoms with van der Waals surface area (Å²) in [4.78, 5) is 23.0. The van der Waals surface area contributed by atoms with E-state index in [0.29, 0.717) is 28.2 Å². The van der Waals surface area contributed by atoms with Crippen molar-refractivity contribution in [3.8, 4) is 5.88 Å². The second-order valence-electron chi connectivity index (χ2n) is 9.92. The van der Waals surface area contributed by atoms with Gasteiger partial charge in [-0.3, -0.25) is 9.69 Å². The number of hydrogen-bond donors (Lipinski definition) is 3. The van der Waals surface area contributed by atoms with Crippen molar-refractivity contribution in [1.82, 2.24) is 9.88 Å². The van der Waals surface area contributed by atoms with Crippen molar-refractivity contribution in [2.75, 3.05) is 18.4 Å². The highest BCUT2D eigenvalue weighted by Crippen LogP contribution is 2.33. The van der Waals surface area contributed by atoms with Gasteiger partial charge in [0.1, 0.15) is 5.76 Å². The lowest BCUT2D eigenvalue weighted by Crippen LogP contribution is -2.18.